The Morgan fingerprint density at radius 2 is 2.09 bits per heavy atom. The highest BCUT2D eigenvalue weighted by atomic mass is 35.5. The molecular weight excluding hydrogens is 440 g/mol. The molecule has 2 aromatic rings. The average Bonchev–Trinajstić information content (AvgIpc) is 3.58. The summed E-state index contributed by atoms with van der Waals surface area (Å²) in [5, 5.41) is 17.1. The van der Waals surface area contributed by atoms with E-state index in [4.69, 9.17) is 11.6 Å². The molecule has 1 amide bonds. The highest BCUT2D eigenvalue weighted by Crippen LogP contribution is 2.26. The molecule has 0 atom stereocenters. The maximum atomic E-state index is 12.8. The summed E-state index contributed by atoms with van der Waals surface area (Å²) in [5.41, 5.74) is 2.92. The number of carbonyl (C=O) groups excluding carboxylic acids is 1. The highest BCUT2D eigenvalue weighted by Gasteiger charge is 2.19. The first-order valence-corrected chi connectivity index (χ1v) is 11.1. The summed E-state index contributed by atoms with van der Waals surface area (Å²) in [6.07, 6.45) is 9.14. The Kier molecular flexibility index (Phi) is 5.67. The fourth-order valence-electron chi connectivity index (χ4n) is 4.02. The van der Waals surface area contributed by atoms with Gasteiger partial charge in [0.2, 0.25) is 0 Å². The van der Waals surface area contributed by atoms with E-state index in [1.807, 2.05) is 24.4 Å². The zero-order valence-electron chi connectivity index (χ0n) is 17.8. The van der Waals surface area contributed by atoms with Gasteiger partial charge in [0.1, 0.15) is 17.7 Å². The molecule has 166 valence electrons. The van der Waals surface area contributed by atoms with E-state index < -0.39 is 0 Å². The summed E-state index contributed by atoms with van der Waals surface area (Å²) in [5.74, 6) is 1.29. The van der Waals surface area contributed by atoms with E-state index in [2.05, 4.69) is 30.3 Å². The first-order chi connectivity index (χ1) is 16.1. The van der Waals surface area contributed by atoms with E-state index in [0.717, 1.165) is 35.6 Å². The molecule has 0 bridgehead atoms. The van der Waals surface area contributed by atoms with Crippen LogP contribution in [0.15, 0.2) is 43.0 Å². The number of amides is 1. The Labute approximate surface area is 195 Å². The van der Waals surface area contributed by atoms with Crippen LogP contribution in [0.25, 0.3) is 11.4 Å². The van der Waals surface area contributed by atoms with E-state index >= 15 is 0 Å². The summed E-state index contributed by atoms with van der Waals surface area (Å²) in [4.78, 5) is 26.9. The summed E-state index contributed by atoms with van der Waals surface area (Å²) in [7, 11) is 0. The van der Waals surface area contributed by atoms with Crippen LogP contribution in [0.5, 0.6) is 0 Å². The standard InChI is InChI=1S/C23H21ClN8O/c24-17-7-18-16(10-27-22(18)28-12-17)11-29-23(33)19-14-32(30-20(19)8-25)13-15-3-4-21(26-9-15)31-5-1-2-6-31/h3-4,7,9-10,12,14H,1-2,5-6,11,13H2,(H,27,28)(H,29,33). The predicted octanol–water partition coefficient (Wildman–Crippen LogP) is 3.21. The fourth-order valence-corrected chi connectivity index (χ4v) is 4.18. The third kappa shape index (κ3) is 4.38. The maximum Gasteiger partial charge on any atom is 0.256 e. The molecule has 0 saturated carbocycles. The second kappa shape index (κ2) is 8.92. The molecule has 0 radical (unpaired) electrons. The summed E-state index contributed by atoms with van der Waals surface area (Å²) >= 11 is 6.06. The van der Waals surface area contributed by atoms with Gasteiger partial charge in [0.05, 0.1) is 17.1 Å². The topological polar surface area (TPSA) is 116 Å². The predicted molar refractivity (Wildman–Crippen MR) is 123 cm³/mol. The van der Waals surface area contributed by atoms with Crippen molar-refractivity contribution in [2.45, 2.75) is 25.9 Å². The molecule has 0 unspecified atom stereocenters. The van der Waals surface area contributed by atoms with Crippen LogP contribution in [0, 0.1) is 11.3 Å². The lowest BCUT2D eigenvalue weighted by Gasteiger charge is -2.16. The zero-order valence-corrected chi connectivity index (χ0v) is 18.5. The Hall–Kier alpha value is -3.90. The molecule has 10 heteroatoms. The van der Waals surface area contributed by atoms with Gasteiger partial charge in [-0.15, -0.1) is 0 Å². The number of hydrogen-bond acceptors (Lipinski definition) is 6. The van der Waals surface area contributed by atoms with Gasteiger partial charge in [-0.2, -0.15) is 10.4 Å². The second-order valence-corrected chi connectivity index (χ2v) is 8.40. The summed E-state index contributed by atoms with van der Waals surface area (Å²) in [6.45, 7) is 2.75. The minimum absolute atomic E-state index is 0.0796. The largest absolute Gasteiger partial charge is 0.357 e. The maximum absolute atomic E-state index is 12.8. The molecule has 5 heterocycles. The van der Waals surface area contributed by atoms with Crippen LogP contribution in [-0.4, -0.2) is 43.7 Å². The molecule has 0 aliphatic carbocycles. The molecule has 1 saturated heterocycles. The van der Waals surface area contributed by atoms with Crippen molar-refractivity contribution in [3.8, 4) is 17.5 Å². The molecule has 3 aliphatic rings. The molecule has 3 aliphatic heterocycles. The molecule has 2 aromatic heterocycles. The van der Waals surface area contributed by atoms with Crippen molar-refractivity contribution in [1.29, 1.82) is 5.26 Å². The van der Waals surface area contributed by atoms with Gasteiger partial charge < -0.3 is 15.2 Å². The number of aromatic nitrogens is 5. The molecule has 0 aromatic carbocycles. The fraction of sp³-hybridized carbons (Fsp3) is 0.261. The second-order valence-electron chi connectivity index (χ2n) is 7.97. The Morgan fingerprint density at radius 1 is 1.24 bits per heavy atom. The zero-order chi connectivity index (χ0) is 22.8. The number of nitrogens with one attached hydrogen (secondary N) is 2. The minimum Gasteiger partial charge on any atom is -0.357 e. The van der Waals surface area contributed by atoms with Crippen LogP contribution in [-0.2, 0) is 13.1 Å². The number of rotatable bonds is 6. The van der Waals surface area contributed by atoms with E-state index in [0.29, 0.717) is 17.4 Å². The van der Waals surface area contributed by atoms with Crippen molar-refractivity contribution in [1.82, 2.24) is 30.0 Å². The Balaban J connectivity index is 1.27. The van der Waals surface area contributed by atoms with E-state index in [1.54, 1.807) is 29.3 Å². The lowest BCUT2D eigenvalue weighted by Crippen LogP contribution is -2.23. The number of hydrogen-bond donors (Lipinski definition) is 2. The normalized spacial score (nSPS) is 13.4. The number of fused-ring (bicyclic) bond motifs is 1. The van der Waals surface area contributed by atoms with Crippen LogP contribution in [0.3, 0.4) is 0 Å². The molecule has 1 fully saturated rings. The van der Waals surface area contributed by atoms with Gasteiger partial charge >= 0.3 is 0 Å². The van der Waals surface area contributed by atoms with Crippen LogP contribution in [0.1, 0.15) is 40.0 Å². The van der Waals surface area contributed by atoms with Gasteiger partial charge in [-0.05, 0) is 30.5 Å². The molecule has 33 heavy (non-hydrogen) atoms. The molecule has 5 rings (SSSR count). The Bertz CT molecular complexity index is 1300. The van der Waals surface area contributed by atoms with E-state index in [1.165, 1.54) is 12.8 Å². The Morgan fingerprint density at radius 3 is 2.85 bits per heavy atom. The lowest BCUT2D eigenvalue weighted by molar-refractivity contribution is 0.0950. The number of pyridine rings is 2. The summed E-state index contributed by atoms with van der Waals surface area (Å²) < 4.78 is 1.59. The van der Waals surface area contributed by atoms with Gasteiger partial charge in [-0.1, -0.05) is 17.7 Å². The average molecular weight is 461 g/mol. The highest BCUT2D eigenvalue weighted by molar-refractivity contribution is 6.30. The van der Waals surface area contributed by atoms with Crippen LogP contribution in [0.4, 0.5) is 5.82 Å². The SMILES string of the molecule is N#Cc1nn(Cc2ccc(N3CCCC3)nc2)cc1C(=O)NCc1cnc2[nH]cc(Cl)cc1-2. The van der Waals surface area contributed by atoms with Crippen LogP contribution < -0.4 is 10.2 Å². The quantitative estimate of drug-likeness (QED) is 0.456. The smallest absolute Gasteiger partial charge is 0.256 e. The molecule has 9 nitrogen and oxygen atoms in total. The van der Waals surface area contributed by atoms with E-state index in [-0.39, 0.29) is 23.7 Å². The third-order valence-corrected chi connectivity index (χ3v) is 5.93. The first kappa shape index (κ1) is 21.0. The number of nitrogens with zero attached hydrogens (tertiary/aromatic N) is 6. The van der Waals surface area contributed by atoms with Gasteiger partial charge in [0.25, 0.3) is 5.91 Å². The molecular formula is C23H21ClN8O. The van der Waals surface area contributed by atoms with Crippen molar-refractivity contribution < 1.29 is 4.79 Å². The monoisotopic (exact) mass is 460 g/mol. The number of anilines is 1. The minimum atomic E-state index is -0.374. The number of halogens is 1. The van der Waals surface area contributed by atoms with Crippen molar-refractivity contribution in [2.24, 2.45) is 0 Å². The third-order valence-electron chi connectivity index (χ3n) is 5.71. The summed E-state index contributed by atoms with van der Waals surface area (Å²) in [6, 6.07) is 7.81. The van der Waals surface area contributed by atoms with E-state index in [9.17, 15) is 10.1 Å². The number of carbonyl (C=O) groups is 1. The van der Waals surface area contributed by atoms with Crippen molar-refractivity contribution in [3.63, 3.8) is 0 Å². The molecule has 2 N–H and O–H groups in total. The van der Waals surface area contributed by atoms with Crippen LogP contribution in [0.2, 0.25) is 5.02 Å². The number of nitriles is 1. The molecule has 0 spiro atoms. The first-order valence-electron chi connectivity index (χ1n) is 10.7. The van der Waals surface area contributed by atoms with Gasteiger partial charge in [0.15, 0.2) is 5.69 Å². The number of H-pyrrole nitrogens is 1. The van der Waals surface area contributed by atoms with Crippen molar-refractivity contribution in [3.05, 3.63) is 70.4 Å². The van der Waals surface area contributed by atoms with Gasteiger partial charge in [0, 0.05) is 55.5 Å². The van der Waals surface area contributed by atoms with Crippen molar-refractivity contribution >= 4 is 23.3 Å². The van der Waals surface area contributed by atoms with Gasteiger partial charge in [-0.25, -0.2) is 9.97 Å². The number of aromatic amines is 1. The van der Waals surface area contributed by atoms with Gasteiger partial charge in [-0.3, -0.25) is 9.48 Å². The van der Waals surface area contributed by atoms with Crippen LogP contribution >= 0.6 is 11.6 Å². The lowest BCUT2D eigenvalue weighted by atomic mass is 10.1. The van der Waals surface area contributed by atoms with Crippen molar-refractivity contribution in [2.75, 3.05) is 18.0 Å².